The summed E-state index contributed by atoms with van der Waals surface area (Å²) in [6.07, 6.45) is 8.09. The first-order valence-corrected chi connectivity index (χ1v) is 3.93. The lowest BCUT2D eigenvalue weighted by Gasteiger charge is -1.80. The Balaban J connectivity index is 0.000000146. The molecule has 0 saturated carbocycles. The van der Waals surface area contributed by atoms with Crippen LogP contribution in [0.4, 0.5) is 0 Å². The fraction of sp³-hybridized carbons (Fsp3) is 0. The van der Waals surface area contributed by atoms with E-state index in [4.69, 9.17) is 5.73 Å². The molecule has 0 unspecified atom stereocenters. The molecule has 0 atom stereocenters. The molecule has 0 aliphatic heterocycles. The molecule has 5 nitrogen and oxygen atoms in total. The van der Waals surface area contributed by atoms with Crippen LogP contribution in [0.5, 0.6) is 0 Å². The van der Waals surface area contributed by atoms with Crippen molar-refractivity contribution in [1.29, 1.82) is 0 Å². The maximum atomic E-state index is 10.3. The molecule has 0 aliphatic carbocycles. The molecule has 0 aliphatic rings. The monoisotopic (exact) mass is 190 g/mol. The number of carbonyl (C=O) groups excluding carboxylic acids is 1. The molecule has 0 fully saturated rings. The average molecular weight is 190 g/mol. The molecule has 2 aromatic heterocycles. The molecule has 14 heavy (non-hydrogen) atoms. The number of H-pyrrole nitrogens is 1. The van der Waals surface area contributed by atoms with Gasteiger partial charge in [-0.3, -0.25) is 4.79 Å². The number of hydrogen-bond acceptors (Lipinski definition) is 3. The third kappa shape index (κ3) is 3.48. The highest BCUT2D eigenvalue weighted by Gasteiger charge is 1.95. The van der Waals surface area contributed by atoms with E-state index in [0.717, 1.165) is 0 Å². The van der Waals surface area contributed by atoms with Gasteiger partial charge in [-0.25, -0.2) is 9.97 Å². The van der Waals surface area contributed by atoms with E-state index in [2.05, 4.69) is 15.0 Å². The SMILES string of the molecule is NC(=O)c1cc[nH]c1.c1cncnc1. The Bertz CT molecular complexity index is 331. The fourth-order valence-corrected chi connectivity index (χ4v) is 0.730. The Morgan fingerprint density at radius 3 is 2.29 bits per heavy atom. The third-order valence-electron chi connectivity index (χ3n) is 1.36. The van der Waals surface area contributed by atoms with Gasteiger partial charge in [-0.15, -0.1) is 0 Å². The summed E-state index contributed by atoms with van der Waals surface area (Å²) >= 11 is 0. The molecular weight excluding hydrogens is 180 g/mol. The van der Waals surface area contributed by atoms with Gasteiger partial charge in [0, 0.05) is 24.8 Å². The second-order valence-electron chi connectivity index (χ2n) is 2.37. The van der Waals surface area contributed by atoms with E-state index >= 15 is 0 Å². The van der Waals surface area contributed by atoms with Crippen LogP contribution in [0.1, 0.15) is 10.4 Å². The topological polar surface area (TPSA) is 84.7 Å². The minimum Gasteiger partial charge on any atom is -0.367 e. The zero-order valence-corrected chi connectivity index (χ0v) is 7.42. The number of nitrogens with two attached hydrogens (primary N) is 1. The highest BCUT2D eigenvalue weighted by molar-refractivity contribution is 5.92. The van der Waals surface area contributed by atoms with Crippen LogP contribution in [0.2, 0.25) is 0 Å². The van der Waals surface area contributed by atoms with Gasteiger partial charge in [0.2, 0.25) is 5.91 Å². The predicted molar refractivity (Wildman–Crippen MR) is 51.3 cm³/mol. The summed E-state index contributed by atoms with van der Waals surface area (Å²) in [6.45, 7) is 0. The van der Waals surface area contributed by atoms with Crippen molar-refractivity contribution in [3.8, 4) is 0 Å². The summed E-state index contributed by atoms with van der Waals surface area (Å²) < 4.78 is 0. The number of aromatic amines is 1. The molecule has 0 bridgehead atoms. The first-order valence-electron chi connectivity index (χ1n) is 3.93. The van der Waals surface area contributed by atoms with Crippen LogP contribution in [-0.2, 0) is 0 Å². The standard InChI is InChI=1S/C5H6N2O.C4H4N2/c6-5(8)4-1-2-7-3-4;1-2-5-4-6-3-1/h1-3,7H,(H2,6,8);1-4H. The summed E-state index contributed by atoms with van der Waals surface area (Å²) in [7, 11) is 0. The van der Waals surface area contributed by atoms with Gasteiger partial charge in [-0.2, -0.15) is 0 Å². The number of amides is 1. The van der Waals surface area contributed by atoms with Crippen LogP contribution in [0, 0.1) is 0 Å². The highest BCUT2D eigenvalue weighted by atomic mass is 16.1. The van der Waals surface area contributed by atoms with E-state index in [-0.39, 0.29) is 0 Å². The second kappa shape index (κ2) is 5.47. The van der Waals surface area contributed by atoms with Crippen LogP contribution < -0.4 is 5.73 Å². The summed E-state index contributed by atoms with van der Waals surface area (Å²) in [5.74, 6) is -0.397. The normalized spacial score (nSPS) is 8.57. The molecule has 72 valence electrons. The number of primary amides is 1. The van der Waals surface area contributed by atoms with Crippen LogP contribution in [0.3, 0.4) is 0 Å². The lowest BCUT2D eigenvalue weighted by molar-refractivity contribution is 0.100. The van der Waals surface area contributed by atoms with E-state index in [0.29, 0.717) is 5.56 Å². The summed E-state index contributed by atoms with van der Waals surface area (Å²) in [6, 6.07) is 3.41. The lowest BCUT2D eigenvalue weighted by Crippen LogP contribution is -2.08. The minimum absolute atomic E-state index is 0.397. The van der Waals surface area contributed by atoms with Crippen LogP contribution in [0.15, 0.2) is 43.2 Å². The molecular formula is C9H10N4O. The third-order valence-corrected chi connectivity index (χ3v) is 1.36. The molecule has 2 rings (SSSR count). The van der Waals surface area contributed by atoms with Crippen molar-refractivity contribution in [3.05, 3.63) is 48.8 Å². The Kier molecular flexibility index (Phi) is 3.87. The van der Waals surface area contributed by atoms with Crippen molar-refractivity contribution in [2.75, 3.05) is 0 Å². The van der Waals surface area contributed by atoms with Gasteiger partial charge in [0.05, 0.1) is 5.56 Å². The quantitative estimate of drug-likeness (QED) is 0.690. The number of aromatic nitrogens is 3. The maximum Gasteiger partial charge on any atom is 0.250 e. The Hall–Kier alpha value is -2.17. The first-order chi connectivity index (χ1) is 6.80. The average Bonchev–Trinajstić information content (AvgIpc) is 2.74. The van der Waals surface area contributed by atoms with Gasteiger partial charge in [0.15, 0.2) is 0 Å². The van der Waals surface area contributed by atoms with Crippen molar-refractivity contribution in [2.24, 2.45) is 5.73 Å². The van der Waals surface area contributed by atoms with Crippen molar-refractivity contribution >= 4 is 5.91 Å². The fourth-order valence-electron chi connectivity index (χ4n) is 0.730. The Labute approximate surface area is 81.0 Å². The highest BCUT2D eigenvalue weighted by Crippen LogP contribution is 1.91. The van der Waals surface area contributed by atoms with Crippen LogP contribution in [-0.4, -0.2) is 20.9 Å². The lowest BCUT2D eigenvalue weighted by atomic mass is 10.3. The van der Waals surface area contributed by atoms with Gasteiger partial charge >= 0.3 is 0 Å². The molecule has 5 heteroatoms. The van der Waals surface area contributed by atoms with Crippen molar-refractivity contribution in [2.45, 2.75) is 0 Å². The van der Waals surface area contributed by atoms with E-state index in [9.17, 15) is 4.79 Å². The number of carbonyl (C=O) groups is 1. The van der Waals surface area contributed by atoms with Gasteiger partial charge in [-0.1, -0.05) is 0 Å². The summed E-state index contributed by atoms with van der Waals surface area (Å²) in [4.78, 5) is 20.3. The van der Waals surface area contributed by atoms with Crippen LogP contribution >= 0.6 is 0 Å². The Morgan fingerprint density at radius 1 is 1.36 bits per heavy atom. The van der Waals surface area contributed by atoms with Gasteiger partial charge in [-0.05, 0) is 12.1 Å². The van der Waals surface area contributed by atoms with Gasteiger partial charge in [0.1, 0.15) is 6.33 Å². The van der Waals surface area contributed by atoms with Crippen molar-refractivity contribution < 1.29 is 4.79 Å². The molecule has 0 saturated heterocycles. The summed E-state index contributed by atoms with van der Waals surface area (Å²) in [5.41, 5.74) is 5.42. The Morgan fingerprint density at radius 2 is 2.07 bits per heavy atom. The maximum absolute atomic E-state index is 10.3. The molecule has 3 N–H and O–H groups in total. The predicted octanol–water partition coefficient (Wildman–Crippen LogP) is 0.590. The number of rotatable bonds is 1. The zero-order chi connectivity index (χ0) is 10.2. The molecule has 1 amide bonds. The smallest absolute Gasteiger partial charge is 0.250 e. The molecule has 0 radical (unpaired) electrons. The number of nitrogens with one attached hydrogen (secondary N) is 1. The van der Waals surface area contributed by atoms with E-state index in [1.54, 1.807) is 36.9 Å². The van der Waals surface area contributed by atoms with E-state index in [1.807, 2.05) is 0 Å². The summed E-state index contributed by atoms with van der Waals surface area (Å²) in [5, 5.41) is 0. The van der Waals surface area contributed by atoms with Crippen molar-refractivity contribution in [3.63, 3.8) is 0 Å². The minimum atomic E-state index is -0.397. The molecule has 0 spiro atoms. The molecule has 2 heterocycles. The second-order valence-corrected chi connectivity index (χ2v) is 2.37. The van der Waals surface area contributed by atoms with E-state index in [1.165, 1.54) is 6.33 Å². The van der Waals surface area contributed by atoms with Gasteiger partial charge in [0.25, 0.3) is 0 Å². The zero-order valence-electron chi connectivity index (χ0n) is 7.42. The van der Waals surface area contributed by atoms with Crippen molar-refractivity contribution in [1.82, 2.24) is 15.0 Å². The largest absolute Gasteiger partial charge is 0.367 e. The first kappa shape index (κ1) is 9.91. The van der Waals surface area contributed by atoms with Gasteiger partial charge < -0.3 is 10.7 Å². The molecule has 2 aromatic rings. The van der Waals surface area contributed by atoms with Crippen LogP contribution in [0.25, 0.3) is 0 Å². The van der Waals surface area contributed by atoms with E-state index < -0.39 is 5.91 Å². The number of hydrogen-bond donors (Lipinski definition) is 2. The number of nitrogens with zero attached hydrogens (tertiary/aromatic N) is 2. The molecule has 0 aromatic carbocycles.